The average molecular weight is 427 g/mol. The summed E-state index contributed by atoms with van der Waals surface area (Å²) < 4.78 is 60.9. The zero-order chi connectivity index (χ0) is 20.5. The van der Waals surface area contributed by atoms with E-state index in [-0.39, 0.29) is 30.3 Å². The number of aromatic nitrogens is 3. The molecule has 27 heavy (non-hydrogen) atoms. The summed E-state index contributed by atoms with van der Waals surface area (Å²) in [5, 5.41) is 2.98. The molecule has 1 aromatic heterocycles. The van der Waals surface area contributed by atoms with Crippen LogP contribution in [0.25, 0.3) is 0 Å². The Morgan fingerprint density at radius 1 is 0.963 bits per heavy atom. The molecule has 0 aromatic carbocycles. The van der Waals surface area contributed by atoms with Crippen LogP contribution < -0.4 is 11.1 Å². The number of nitrogens with one attached hydrogen (secondary N) is 1. The van der Waals surface area contributed by atoms with Gasteiger partial charge in [-0.2, -0.15) is 31.8 Å². The third-order valence-electron chi connectivity index (χ3n) is 3.48. The van der Waals surface area contributed by atoms with E-state index in [2.05, 4.69) is 20.3 Å². The quantitative estimate of drug-likeness (QED) is 0.290. The van der Waals surface area contributed by atoms with Crippen molar-refractivity contribution >= 4 is 32.1 Å². The fraction of sp³-hybridized carbons (Fsp3) is 0.769. The van der Waals surface area contributed by atoms with Gasteiger partial charge < -0.3 is 16.0 Å². The molecule has 1 rings (SSSR count). The van der Waals surface area contributed by atoms with Crippen molar-refractivity contribution in [2.75, 3.05) is 48.7 Å². The molecule has 0 bridgehead atoms. The average Bonchev–Trinajstić information content (AvgIpc) is 2.51. The molecule has 0 spiro atoms. The lowest BCUT2D eigenvalue weighted by Crippen LogP contribution is -2.33. The van der Waals surface area contributed by atoms with Crippen molar-refractivity contribution in [1.82, 2.24) is 19.9 Å². The summed E-state index contributed by atoms with van der Waals surface area (Å²) in [6, 6.07) is 0. The lowest BCUT2D eigenvalue weighted by molar-refractivity contribution is 0.284. The Morgan fingerprint density at radius 2 is 1.52 bits per heavy atom. The van der Waals surface area contributed by atoms with E-state index in [1.807, 2.05) is 11.8 Å². The third kappa shape index (κ3) is 11.7. The minimum Gasteiger partial charge on any atom is -0.368 e. The summed E-state index contributed by atoms with van der Waals surface area (Å²) in [6.45, 7) is 3.36. The second-order valence-corrected chi connectivity index (χ2v) is 8.98. The van der Waals surface area contributed by atoms with Gasteiger partial charge in [0.05, 0.1) is 11.5 Å². The number of hydrogen-bond acceptors (Lipinski definition) is 10. The van der Waals surface area contributed by atoms with Gasteiger partial charge in [-0.3, -0.25) is 9.11 Å². The predicted octanol–water partition coefficient (Wildman–Crippen LogP) is -0.714. The minimum atomic E-state index is -4.06. The standard InChI is InChI=1S/C13H26N6O6S2/c1-2-11-16-12(14)18-13(17-11)15-5-8-19(6-3-9-26(20,21)22)7-4-10-27(23,24)25/h2-10H2,1H3,(H,20,21,22)(H,23,24,25)(H3,14,15,16,17,18). The van der Waals surface area contributed by atoms with Crippen LogP contribution in [0.2, 0.25) is 0 Å². The van der Waals surface area contributed by atoms with Crippen LogP contribution in [0.15, 0.2) is 0 Å². The van der Waals surface area contributed by atoms with Crippen molar-refractivity contribution in [2.45, 2.75) is 26.2 Å². The molecule has 0 aliphatic rings. The van der Waals surface area contributed by atoms with Crippen LogP contribution in [-0.4, -0.2) is 83.5 Å². The van der Waals surface area contributed by atoms with E-state index >= 15 is 0 Å². The largest absolute Gasteiger partial charge is 0.368 e. The van der Waals surface area contributed by atoms with E-state index in [4.69, 9.17) is 14.8 Å². The van der Waals surface area contributed by atoms with Crippen LogP contribution in [0.1, 0.15) is 25.6 Å². The van der Waals surface area contributed by atoms with Gasteiger partial charge in [-0.15, -0.1) is 0 Å². The summed E-state index contributed by atoms with van der Waals surface area (Å²) >= 11 is 0. The number of nitrogens with zero attached hydrogens (tertiary/aromatic N) is 4. The second-order valence-electron chi connectivity index (χ2n) is 5.83. The number of anilines is 2. The highest BCUT2D eigenvalue weighted by atomic mass is 32.2. The highest BCUT2D eigenvalue weighted by molar-refractivity contribution is 7.86. The number of nitrogens with two attached hydrogens (primary N) is 1. The fourth-order valence-electron chi connectivity index (χ4n) is 2.28. The molecule has 156 valence electrons. The van der Waals surface area contributed by atoms with Gasteiger partial charge in [0, 0.05) is 19.5 Å². The SMILES string of the molecule is CCc1nc(N)nc(NCCN(CCCS(=O)(=O)O)CCCS(=O)(=O)O)n1. The van der Waals surface area contributed by atoms with Crippen molar-refractivity contribution in [3.05, 3.63) is 5.82 Å². The molecule has 1 heterocycles. The Bertz CT molecular complexity index is 764. The highest BCUT2D eigenvalue weighted by Gasteiger charge is 2.11. The number of hydrogen-bond donors (Lipinski definition) is 4. The second kappa shape index (κ2) is 10.7. The van der Waals surface area contributed by atoms with E-state index < -0.39 is 20.2 Å². The van der Waals surface area contributed by atoms with Crippen molar-refractivity contribution in [3.8, 4) is 0 Å². The maximum absolute atomic E-state index is 10.8. The van der Waals surface area contributed by atoms with E-state index in [1.165, 1.54) is 0 Å². The summed E-state index contributed by atoms with van der Waals surface area (Å²) in [5.74, 6) is 0.180. The van der Waals surface area contributed by atoms with Crippen LogP contribution in [-0.2, 0) is 26.7 Å². The maximum Gasteiger partial charge on any atom is 0.264 e. The van der Waals surface area contributed by atoms with Crippen LogP contribution in [0.4, 0.5) is 11.9 Å². The van der Waals surface area contributed by atoms with E-state index in [1.54, 1.807) is 0 Å². The van der Waals surface area contributed by atoms with Gasteiger partial charge in [-0.25, -0.2) is 0 Å². The topological polar surface area (TPSA) is 189 Å². The number of rotatable bonds is 13. The van der Waals surface area contributed by atoms with Crippen LogP contribution in [0.5, 0.6) is 0 Å². The van der Waals surface area contributed by atoms with Crippen LogP contribution >= 0.6 is 0 Å². The fourth-order valence-corrected chi connectivity index (χ4v) is 3.27. The van der Waals surface area contributed by atoms with Gasteiger partial charge in [0.15, 0.2) is 0 Å². The molecule has 0 unspecified atom stereocenters. The summed E-state index contributed by atoms with van der Waals surface area (Å²) in [6.07, 6.45) is 0.964. The van der Waals surface area contributed by atoms with Gasteiger partial charge in [-0.05, 0) is 25.9 Å². The Balaban J connectivity index is 2.56. The first-order valence-corrected chi connectivity index (χ1v) is 11.6. The Kier molecular flexibility index (Phi) is 9.25. The number of nitrogen functional groups attached to an aromatic ring is 1. The van der Waals surface area contributed by atoms with Gasteiger partial charge >= 0.3 is 0 Å². The maximum atomic E-state index is 10.8. The van der Waals surface area contributed by atoms with Gasteiger partial charge in [0.2, 0.25) is 11.9 Å². The van der Waals surface area contributed by atoms with E-state index in [0.717, 1.165) is 0 Å². The molecule has 0 amide bonds. The molecule has 0 radical (unpaired) electrons. The van der Waals surface area contributed by atoms with Gasteiger partial charge in [0.1, 0.15) is 5.82 Å². The Morgan fingerprint density at radius 3 is 2.00 bits per heavy atom. The molecule has 0 aliphatic heterocycles. The van der Waals surface area contributed by atoms with Crippen LogP contribution in [0.3, 0.4) is 0 Å². The van der Waals surface area contributed by atoms with Crippen molar-refractivity contribution < 1.29 is 25.9 Å². The molecule has 12 nitrogen and oxygen atoms in total. The molecule has 14 heteroatoms. The van der Waals surface area contributed by atoms with E-state index in [9.17, 15) is 16.8 Å². The van der Waals surface area contributed by atoms with Gasteiger partial charge in [-0.1, -0.05) is 6.92 Å². The molecule has 5 N–H and O–H groups in total. The lowest BCUT2D eigenvalue weighted by atomic mass is 10.3. The first-order chi connectivity index (χ1) is 12.5. The Hall–Kier alpha value is -1.61. The smallest absolute Gasteiger partial charge is 0.264 e. The molecule has 1 aromatic rings. The Labute approximate surface area is 159 Å². The molecule has 0 fully saturated rings. The lowest BCUT2D eigenvalue weighted by Gasteiger charge is -2.22. The molecular weight excluding hydrogens is 400 g/mol. The van der Waals surface area contributed by atoms with Crippen molar-refractivity contribution in [2.24, 2.45) is 0 Å². The summed E-state index contributed by atoms with van der Waals surface area (Å²) in [7, 11) is -8.12. The molecule has 0 saturated heterocycles. The molecule has 0 saturated carbocycles. The molecule has 0 atom stereocenters. The first kappa shape index (κ1) is 23.4. The monoisotopic (exact) mass is 426 g/mol. The third-order valence-corrected chi connectivity index (χ3v) is 5.09. The molecule has 0 aliphatic carbocycles. The predicted molar refractivity (Wildman–Crippen MR) is 101 cm³/mol. The zero-order valence-electron chi connectivity index (χ0n) is 15.1. The summed E-state index contributed by atoms with van der Waals surface area (Å²) in [4.78, 5) is 13.9. The summed E-state index contributed by atoms with van der Waals surface area (Å²) in [5.41, 5.74) is 5.61. The zero-order valence-corrected chi connectivity index (χ0v) is 16.7. The molecular formula is C13H26N6O6S2. The van der Waals surface area contributed by atoms with Crippen LogP contribution in [0, 0.1) is 0 Å². The minimum absolute atomic E-state index is 0.0995. The van der Waals surface area contributed by atoms with E-state index in [0.29, 0.717) is 44.4 Å². The van der Waals surface area contributed by atoms with Crippen molar-refractivity contribution in [1.29, 1.82) is 0 Å². The normalized spacial score (nSPS) is 12.4. The number of aryl methyl sites for hydroxylation is 1. The van der Waals surface area contributed by atoms with Crippen molar-refractivity contribution in [3.63, 3.8) is 0 Å². The van der Waals surface area contributed by atoms with Gasteiger partial charge in [0.25, 0.3) is 20.2 Å². The first-order valence-electron chi connectivity index (χ1n) is 8.35. The highest BCUT2D eigenvalue weighted by Crippen LogP contribution is 2.04.